The first kappa shape index (κ1) is 12.8. The Morgan fingerprint density at radius 2 is 2.17 bits per heavy atom. The smallest absolute Gasteiger partial charge is 0.271 e. The van der Waals surface area contributed by atoms with E-state index >= 15 is 0 Å². The highest BCUT2D eigenvalue weighted by molar-refractivity contribution is 6.34. The van der Waals surface area contributed by atoms with Crippen LogP contribution in [0.1, 0.15) is 22.2 Å². The SMILES string of the molecule is Cc1noc(CNC(=O)c2nc(Cl)ccc2Cl)n1. The molecule has 2 aromatic rings. The number of carbonyl (C=O) groups is 1. The number of carbonyl (C=O) groups excluding carboxylic acids is 1. The second kappa shape index (κ2) is 5.32. The molecule has 6 nitrogen and oxygen atoms in total. The molecule has 0 aliphatic rings. The molecule has 0 aliphatic heterocycles. The van der Waals surface area contributed by atoms with Crippen molar-refractivity contribution in [3.63, 3.8) is 0 Å². The van der Waals surface area contributed by atoms with E-state index in [2.05, 4.69) is 20.4 Å². The molecule has 1 N–H and O–H groups in total. The van der Waals surface area contributed by atoms with Gasteiger partial charge in [0.05, 0.1) is 11.6 Å². The van der Waals surface area contributed by atoms with Crippen molar-refractivity contribution in [1.82, 2.24) is 20.4 Å². The molecule has 0 radical (unpaired) electrons. The maximum atomic E-state index is 11.8. The summed E-state index contributed by atoms with van der Waals surface area (Å²) in [6, 6.07) is 3.00. The van der Waals surface area contributed by atoms with Gasteiger partial charge in [0.2, 0.25) is 5.89 Å². The summed E-state index contributed by atoms with van der Waals surface area (Å²) in [5.41, 5.74) is 0.0559. The Morgan fingerprint density at radius 1 is 1.39 bits per heavy atom. The normalized spacial score (nSPS) is 10.4. The van der Waals surface area contributed by atoms with Crippen molar-refractivity contribution < 1.29 is 9.32 Å². The van der Waals surface area contributed by atoms with Crippen molar-refractivity contribution in [3.8, 4) is 0 Å². The molecule has 0 aliphatic carbocycles. The van der Waals surface area contributed by atoms with Crippen LogP contribution >= 0.6 is 23.2 Å². The van der Waals surface area contributed by atoms with E-state index in [0.717, 1.165) is 0 Å². The minimum absolute atomic E-state index is 0.0559. The monoisotopic (exact) mass is 286 g/mol. The van der Waals surface area contributed by atoms with Gasteiger partial charge in [0, 0.05) is 0 Å². The fourth-order valence-corrected chi connectivity index (χ4v) is 1.57. The summed E-state index contributed by atoms with van der Waals surface area (Å²) < 4.78 is 4.85. The first-order chi connectivity index (χ1) is 8.56. The summed E-state index contributed by atoms with van der Waals surface area (Å²) in [6.07, 6.45) is 0. The Kier molecular flexibility index (Phi) is 3.78. The van der Waals surface area contributed by atoms with Gasteiger partial charge < -0.3 is 9.84 Å². The molecule has 0 aromatic carbocycles. The van der Waals surface area contributed by atoms with E-state index in [4.69, 9.17) is 27.7 Å². The van der Waals surface area contributed by atoms with Crippen LogP contribution in [0.5, 0.6) is 0 Å². The lowest BCUT2D eigenvalue weighted by Crippen LogP contribution is -2.24. The Labute approximate surface area is 112 Å². The van der Waals surface area contributed by atoms with Crippen molar-refractivity contribution in [1.29, 1.82) is 0 Å². The van der Waals surface area contributed by atoms with Gasteiger partial charge in [-0.3, -0.25) is 4.79 Å². The molecule has 0 unspecified atom stereocenters. The molecule has 0 saturated heterocycles. The Morgan fingerprint density at radius 3 is 2.83 bits per heavy atom. The third-order valence-corrected chi connectivity index (χ3v) is 2.51. The number of aryl methyl sites for hydroxylation is 1. The van der Waals surface area contributed by atoms with Gasteiger partial charge in [-0.25, -0.2) is 4.98 Å². The molecule has 1 amide bonds. The number of hydrogen-bond donors (Lipinski definition) is 1. The summed E-state index contributed by atoms with van der Waals surface area (Å²) in [6.45, 7) is 1.79. The van der Waals surface area contributed by atoms with Gasteiger partial charge in [0.1, 0.15) is 10.8 Å². The Hall–Kier alpha value is -1.66. The van der Waals surface area contributed by atoms with Gasteiger partial charge in [0.15, 0.2) is 5.82 Å². The average molecular weight is 287 g/mol. The van der Waals surface area contributed by atoms with Crippen LogP contribution in [-0.4, -0.2) is 21.0 Å². The minimum Gasteiger partial charge on any atom is -0.342 e. The second-order valence-corrected chi connectivity index (χ2v) is 4.18. The highest BCUT2D eigenvalue weighted by Crippen LogP contribution is 2.16. The molecule has 0 atom stereocenters. The predicted octanol–water partition coefficient (Wildman–Crippen LogP) is 2.01. The van der Waals surface area contributed by atoms with Crippen LogP contribution < -0.4 is 5.32 Å². The minimum atomic E-state index is -0.460. The lowest BCUT2D eigenvalue weighted by atomic mass is 10.3. The Bertz CT molecular complexity index is 585. The topological polar surface area (TPSA) is 80.9 Å². The maximum absolute atomic E-state index is 11.8. The van der Waals surface area contributed by atoms with E-state index in [-0.39, 0.29) is 22.4 Å². The Balaban J connectivity index is 2.05. The van der Waals surface area contributed by atoms with Gasteiger partial charge in [-0.15, -0.1) is 0 Å². The second-order valence-electron chi connectivity index (χ2n) is 3.38. The highest BCUT2D eigenvalue weighted by atomic mass is 35.5. The predicted molar refractivity (Wildman–Crippen MR) is 64.5 cm³/mol. The van der Waals surface area contributed by atoms with Crippen LogP contribution in [0.15, 0.2) is 16.7 Å². The fourth-order valence-electron chi connectivity index (χ4n) is 1.23. The van der Waals surface area contributed by atoms with Gasteiger partial charge >= 0.3 is 0 Å². The zero-order valence-electron chi connectivity index (χ0n) is 9.28. The van der Waals surface area contributed by atoms with Crippen LogP contribution in [0, 0.1) is 6.92 Å². The molecule has 2 heterocycles. The largest absolute Gasteiger partial charge is 0.342 e. The molecule has 94 valence electrons. The third-order valence-electron chi connectivity index (χ3n) is 2.00. The first-order valence-electron chi connectivity index (χ1n) is 4.95. The zero-order valence-corrected chi connectivity index (χ0v) is 10.8. The summed E-state index contributed by atoms with van der Waals surface area (Å²) in [4.78, 5) is 19.6. The lowest BCUT2D eigenvalue weighted by molar-refractivity contribution is 0.0941. The number of halogens is 2. The molecule has 0 fully saturated rings. The van der Waals surface area contributed by atoms with Gasteiger partial charge in [-0.2, -0.15) is 4.98 Å². The number of nitrogens with zero attached hydrogens (tertiary/aromatic N) is 3. The van der Waals surface area contributed by atoms with Crippen LogP contribution in [0.25, 0.3) is 0 Å². The standard InChI is InChI=1S/C10H8Cl2N4O2/c1-5-14-8(18-16-5)4-13-10(17)9-6(11)2-3-7(12)15-9/h2-3H,4H2,1H3,(H,13,17). The van der Waals surface area contributed by atoms with E-state index < -0.39 is 5.91 Å². The number of rotatable bonds is 3. The molecule has 18 heavy (non-hydrogen) atoms. The van der Waals surface area contributed by atoms with Gasteiger partial charge in [-0.1, -0.05) is 28.4 Å². The van der Waals surface area contributed by atoms with Crippen molar-refractivity contribution in [2.24, 2.45) is 0 Å². The quantitative estimate of drug-likeness (QED) is 0.873. The summed E-state index contributed by atoms with van der Waals surface area (Å²) in [7, 11) is 0. The van der Waals surface area contributed by atoms with Crippen molar-refractivity contribution >= 4 is 29.1 Å². The van der Waals surface area contributed by atoms with Crippen LogP contribution in [0.2, 0.25) is 10.2 Å². The van der Waals surface area contributed by atoms with E-state index in [9.17, 15) is 4.79 Å². The molecule has 2 aromatic heterocycles. The lowest BCUT2D eigenvalue weighted by Gasteiger charge is -2.03. The molecule has 0 spiro atoms. The van der Waals surface area contributed by atoms with E-state index in [0.29, 0.717) is 11.7 Å². The maximum Gasteiger partial charge on any atom is 0.271 e. The first-order valence-corrected chi connectivity index (χ1v) is 5.71. The summed E-state index contributed by atoms with van der Waals surface area (Å²) in [5, 5.41) is 6.57. The number of aromatic nitrogens is 3. The fraction of sp³-hybridized carbons (Fsp3) is 0.200. The number of hydrogen-bond acceptors (Lipinski definition) is 5. The highest BCUT2D eigenvalue weighted by Gasteiger charge is 2.13. The van der Waals surface area contributed by atoms with Crippen LogP contribution in [-0.2, 0) is 6.54 Å². The average Bonchev–Trinajstić information content (AvgIpc) is 2.75. The zero-order chi connectivity index (χ0) is 13.1. The van der Waals surface area contributed by atoms with E-state index in [1.165, 1.54) is 12.1 Å². The molecule has 2 rings (SSSR count). The van der Waals surface area contributed by atoms with Crippen molar-refractivity contribution in [2.45, 2.75) is 13.5 Å². The summed E-state index contributed by atoms with van der Waals surface area (Å²) >= 11 is 11.5. The molecule has 0 bridgehead atoms. The molecular formula is C10H8Cl2N4O2. The molecule has 8 heteroatoms. The van der Waals surface area contributed by atoms with Crippen molar-refractivity contribution in [3.05, 3.63) is 39.7 Å². The third kappa shape index (κ3) is 2.96. The van der Waals surface area contributed by atoms with Crippen LogP contribution in [0.3, 0.4) is 0 Å². The number of nitrogens with one attached hydrogen (secondary N) is 1. The van der Waals surface area contributed by atoms with E-state index in [1.54, 1.807) is 6.92 Å². The molecule has 0 saturated carbocycles. The van der Waals surface area contributed by atoms with Crippen LogP contribution in [0.4, 0.5) is 0 Å². The van der Waals surface area contributed by atoms with Gasteiger partial charge in [-0.05, 0) is 19.1 Å². The van der Waals surface area contributed by atoms with Gasteiger partial charge in [0.25, 0.3) is 5.91 Å². The van der Waals surface area contributed by atoms with Crippen molar-refractivity contribution in [2.75, 3.05) is 0 Å². The molecular weight excluding hydrogens is 279 g/mol. The summed E-state index contributed by atoms with van der Waals surface area (Å²) in [5.74, 6) is 0.343. The number of amides is 1. The number of pyridine rings is 1. The van der Waals surface area contributed by atoms with E-state index in [1.807, 2.05) is 0 Å².